The molecule has 0 radical (unpaired) electrons. The topological polar surface area (TPSA) is 108 Å². The van der Waals surface area contributed by atoms with Gasteiger partial charge >= 0.3 is 0 Å². The van der Waals surface area contributed by atoms with E-state index in [9.17, 15) is 4.79 Å². The summed E-state index contributed by atoms with van der Waals surface area (Å²) >= 11 is 0. The van der Waals surface area contributed by atoms with Crippen molar-refractivity contribution in [3.05, 3.63) is 55.6 Å². The van der Waals surface area contributed by atoms with Crippen molar-refractivity contribution in [1.29, 1.82) is 0 Å². The number of carbonyl (C=O) groups excluding carboxylic acids is 1. The second kappa shape index (κ2) is 7.20. The molecule has 136 valence electrons. The van der Waals surface area contributed by atoms with E-state index in [0.29, 0.717) is 12.4 Å². The fourth-order valence-corrected chi connectivity index (χ4v) is 2.65. The summed E-state index contributed by atoms with van der Waals surface area (Å²) in [6.45, 7) is 2.76. The average molecular weight is 363 g/mol. The van der Waals surface area contributed by atoms with Gasteiger partial charge in [0.2, 0.25) is 5.91 Å². The van der Waals surface area contributed by atoms with Gasteiger partial charge in [-0.25, -0.2) is 9.67 Å². The van der Waals surface area contributed by atoms with Crippen LogP contribution in [0.25, 0.3) is 16.9 Å². The zero-order chi connectivity index (χ0) is 18.6. The average Bonchev–Trinajstić information content (AvgIpc) is 3.44. The Morgan fingerprint density at radius 3 is 2.67 bits per heavy atom. The minimum absolute atomic E-state index is 0.112. The fourth-order valence-electron chi connectivity index (χ4n) is 2.65. The number of nitrogens with one attached hydrogen (secondary N) is 1. The van der Waals surface area contributed by atoms with Crippen molar-refractivity contribution in [2.24, 2.45) is 0 Å². The van der Waals surface area contributed by atoms with Gasteiger partial charge in [0.05, 0.1) is 12.4 Å². The van der Waals surface area contributed by atoms with Crippen molar-refractivity contribution >= 4 is 11.7 Å². The summed E-state index contributed by atoms with van der Waals surface area (Å²) in [5.74, 6) is 1.23. The number of nitrogens with zero attached hydrogens (tertiary/aromatic N) is 8. The van der Waals surface area contributed by atoms with Crippen molar-refractivity contribution in [3.63, 3.8) is 0 Å². The second-order valence-electron chi connectivity index (χ2n) is 5.78. The number of anilines is 1. The van der Waals surface area contributed by atoms with Crippen LogP contribution < -0.4 is 5.32 Å². The molecule has 0 atom stereocenters. The van der Waals surface area contributed by atoms with Gasteiger partial charge in [-0.15, -0.1) is 10.2 Å². The number of aryl methyl sites for hydroxylation is 1. The highest BCUT2D eigenvalue weighted by molar-refractivity contribution is 5.89. The Balaban J connectivity index is 1.43. The van der Waals surface area contributed by atoms with E-state index in [1.807, 2.05) is 25.3 Å². The van der Waals surface area contributed by atoms with Crippen molar-refractivity contribution in [2.75, 3.05) is 5.32 Å². The van der Waals surface area contributed by atoms with Crippen LogP contribution >= 0.6 is 0 Å². The lowest BCUT2D eigenvalue weighted by atomic mass is 10.2. The van der Waals surface area contributed by atoms with E-state index in [0.717, 1.165) is 16.9 Å². The largest absolute Gasteiger partial charge is 0.309 e. The van der Waals surface area contributed by atoms with E-state index in [2.05, 4.69) is 30.7 Å². The lowest BCUT2D eigenvalue weighted by Crippen LogP contribution is -2.20. The smallest absolute Gasteiger partial charge is 0.247 e. The van der Waals surface area contributed by atoms with E-state index >= 15 is 0 Å². The zero-order valence-electron chi connectivity index (χ0n) is 14.6. The summed E-state index contributed by atoms with van der Waals surface area (Å²) in [6.07, 6.45) is 10.1. The highest BCUT2D eigenvalue weighted by Gasteiger charge is 2.09. The first-order valence-electron chi connectivity index (χ1n) is 8.38. The van der Waals surface area contributed by atoms with Gasteiger partial charge in [0, 0.05) is 36.1 Å². The van der Waals surface area contributed by atoms with Crippen LogP contribution in [0, 0.1) is 0 Å². The molecule has 0 saturated carbocycles. The molecule has 4 aromatic rings. The van der Waals surface area contributed by atoms with Crippen molar-refractivity contribution < 1.29 is 4.79 Å². The maximum absolute atomic E-state index is 12.2. The number of pyridine rings is 1. The Labute approximate surface area is 154 Å². The summed E-state index contributed by atoms with van der Waals surface area (Å²) < 4.78 is 5.03. The number of carbonyl (C=O) groups is 1. The molecular formula is C17H17N9O. The number of hydrogen-bond donors (Lipinski definition) is 1. The monoisotopic (exact) mass is 363 g/mol. The Bertz CT molecular complexity index is 1030. The van der Waals surface area contributed by atoms with Crippen molar-refractivity contribution in [1.82, 2.24) is 39.3 Å². The van der Waals surface area contributed by atoms with Gasteiger partial charge < -0.3 is 5.32 Å². The van der Waals surface area contributed by atoms with Gasteiger partial charge in [-0.1, -0.05) is 0 Å². The fraction of sp³-hybridized carbons (Fsp3) is 0.176. The standard InChI is InChI=1S/C17H17N9O/c1-2-26-16(5-6-21-26)23-17(27)10-25-9-14(8-22-25)13-3-4-15(18-7-13)24-11-19-20-12-24/h3-9,11-12H,2,10H2,1H3,(H,23,27). The van der Waals surface area contributed by atoms with E-state index in [4.69, 9.17) is 0 Å². The van der Waals surface area contributed by atoms with E-state index in [1.54, 1.807) is 51.2 Å². The molecular weight excluding hydrogens is 346 g/mol. The van der Waals surface area contributed by atoms with Crippen LogP contribution in [0.5, 0.6) is 0 Å². The summed E-state index contributed by atoms with van der Waals surface area (Å²) in [7, 11) is 0. The second-order valence-corrected chi connectivity index (χ2v) is 5.78. The van der Waals surface area contributed by atoms with Crippen LogP contribution in [-0.4, -0.2) is 45.2 Å². The van der Waals surface area contributed by atoms with E-state index in [-0.39, 0.29) is 12.5 Å². The lowest BCUT2D eigenvalue weighted by Gasteiger charge is -2.07. The first kappa shape index (κ1) is 16.6. The molecule has 4 heterocycles. The molecule has 0 aliphatic carbocycles. The molecule has 10 heteroatoms. The molecule has 0 fully saturated rings. The molecule has 0 aromatic carbocycles. The van der Waals surface area contributed by atoms with Gasteiger partial charge in [-0.3, -0.25) is 14.0 Å². The first-order chi connectivity index (χ1) is 13.2. The van der Waals surface area contributed by atoms with Crippen LogP contribution in [0.3, 0.4) is 0 Å². The Kier molecular flexibility index (Phi) is 4.44. The molecule has 4 aromatic heterocycles. The third-order valence-electron chi connectivity index (χ3n) is 3.99. The van der Waals surface area contributed by atoms with Gasteiger partial charge in [0.25, 0.3) is 0 Å². The van der Waals surface area contributed by atoms with Crippen LogP contribution in [-0.2, 0) is 17.9 Å². The van der Waals surface area contributed by atoms with Gasteiger partial charge in [0.1, 0.15) is 30.8 Å². The van der Waals surface area contributed by atoms with Gasteiger partial charge in [-0.05, 0) is 19.1 Å². The number of rotatable bonds is 6. The third kappa shape index (κ3) is 3.59. The molecule has 0 bridgehead atoms. The SMILES string of the molecule is CCn1nccc1NC(=O)Cn1cc(-c2ccc(-n3cnnc3)nc2)cn1. The molecule has 4 rings (SSSR count). The van der Waals surface area contributed by atoms with Crippen molar-refractivity contribution in [3.8, 4) is 16.9 Å². The Morgan fingerprint density at radius 1 is 1.07 bits per heavy atom. The molecule has 0 aliphatic heterocycles. The van der Waals surface area contributed by atoms with Gasteiger partial charge in [-0.2, -0.15) is 10.2 Å². The first-order valence-corrected chi connectivity index (χ1v) is 8.38. The van der Waals surface area contributed by atoms with Gasteiger partial charge in [0.15, 0.2) is 0 Å². The Hall–Kier alpha value is -3.82. The van der Waals surface area contributed by atoms with Crippen molar-refractivity contribution in [2.45, 2.75) is 20.0 Å². The highest BCUT2D eigenvalue weighted by Crippen LogP contribution is 2.18. The quantitative estimate of drug-likeness (QED) is 0.554. The van der Waals surface area contributed by atoms with E-state index < -0.39 is 0 Å². The summed E-state index contributed by atoms with van der Waals surface area (Å²) in [6, 6.07) is 5.57. The van der Waals surface area contributed by atoms with E-state index in [1.165, 1.54) is 0 Å². The number of amides is 1. The summed E-state index contributed by atoms with van der Waals surface area (Å²) in [5, 5.41) is 18.7. The minimum Gasteiger partial charge on any atom is -0.309 e. The normalized spacial score (nSPS) is 10.9. The Morgan fingerprint density at radius 2 is 1.93 bits per heavy atom. The maximum atomic E-state index is 12.2. The summed E-state index contributed by atoms with van der Waals surface area (Å²) in [5.41, 5.74) is 1.78. The maximum Gasteiger partial charge on any atom is 0.247 e. The van der Waals surface area contributed by atoms with Crippen LogP contribution in [0.4, 0.5) is 5.82 Å². The molecule has 1 N–H and O–H groups in total. The number of aromatic nitrogens is 8. The molecule has 0 saturated heterocycles. The molecule has 0 spiro atoms. The zero-order valence-corrected chi connectivity index (χ0v) is 14.6. The predicted molar refractivity (Wildman–Crippen MR) is 96.9 cm³/mol. The summed E-state index contributed by atoms with van der Waals surface area (Å²) in [4.78, 5) is 16.6. The molecule has 10 nitrogen and oxygen atoms in total. The molecule has 0 unspecified atom stereocenters. The van der Waals surface area contributed by atoms with Crippen LogP contribution in [0.15, 0.2) is 55.6 Å². The third-order valence-corrected chi connectivity index (χ3v) is 3.99. The highest BCUT2D eigenvalue weighted by atomic mass is 16.2. The molecule has 27 heavy (non-hydrogen) atoms. The minimum atomic E-state index is -0.166. The van der Waals surface area contributed by atoms with Crippen LogP contribution in [0.1, 0.15) is 6.92 Å². The molecule has 0 aliphatic rings. The lowest BCUT2D eigenvalue weighted by molar-refractivity contribution is -0.116. The van der Waals surface area contributed by atoms with Crippen LogP contribution in [0.2, 0.25) is 0 Å². The number of hydrogen-bond acceptors (Lipinski definition) is 6. The molecule has 1 amide bonds. The predicted octanol–water partition coefficient (Wildman–Crippen LogP) is 1.38.